The fourth-order valence-electron chi connectivity index (χ4n) is 3.38. The van der Waals surface area contributed by atoms with Crippen molar-refractivity contribution in [2.75, 3.05) is 11.9 Å². The molecule has 0 aliphatic heterocycles. The summed E-state index contributed by atoms with van der Waals surface area (Å²) in [5.41, 5.74) is 3.03. The number of pyridine rings is 1. The minimum absolute atomic E-state index is 0.0150. The van der Waals surface area contributed by atoms with Crippen LogP contribution in [0, 0.1) is 5.41 Å². The summed E-state index contributed by atoms with van der Waals surface area (Å²) < 4.78 is 0. The van der Waals surface area contributed by atoms with Crippen molar-refractivity contribution in [1.29, 1.82) is 0 Å². The van der Waals surface area contributed by atoms with Gasteiger partial charge in [0.25, 0.3) is 0 Å². The molecule has 2 aromatic heterocycles. The fourth-order valence-corrected chi connectivity index (χ4v) is 3.38. The van der Waals surface area contributed by atoms with Crippen LogP contribution in [0.3, 0.4) is 0 Å². The van der Waals surface area contributed by atoms with Crippen LogP contribution in [0.1, 0.15) is 51.8 Å². The molecule has 0 saturated heterocycles. The third kappa shape index (κ3) is 3.92. The third-order valence-electron chi connectivity index (χ3n) is 4.89. The second kappa shape index (κ2) is 7.14. The maximum Gasteiger partial charge on any atom is 0.180 e. The summed E-state index contributed by atoms with van der Waals surface area (Å²) in [6.07, 6.45) is 5.32. The number of aryl methyl sites for hydroxylation is 1. The summed E-state index contributed by atoms with van der Waals surface area (Å²) in [5, 5.41) is 0. The molecule has 2 heterocycles. The molecule has 0 spiro atoms. The van der Waals surface area contributed by atoms with Crippen molar-refractivity contribution in [3.63, 3.8) is 0 Å². The minimum atomic E-state index is -0.217. The van der Waals surface area contributed by atoms with Crippen molar-refractivity contribution in [3.05, 3.63) is 35.7 Å². The highest BCUT2D eigenvalue weighted by Gasteiger charge is 2.28. The average Bonchev–Trinajstić information content (AvgIpc) is 3.07. The van der Waals surface area contributed by atoms with E-state index in [1.807, 2.05) is 37.1 Å². The summed E-state index contributed by atoms with van der Waals surface area (Å²) in [5.74, 6) is 1.76. The molecule has 5 nitrogen and oxygen atoms in total. The number of likely N-dealkylation sites (N-methyl/N-ethyl adjacent to an activating group) is 1. The van der Waals surface area contributed by atoms with Gasteiger partial charge in [-0.25, -0.2) is 9.97 Å². The average molecular weight is 352 g/mol. The van der Waals surface area contributed by atoms with E-state index >= 15 is 0 Å². The van der Waals surface area contributed by atoms with Crippen LogP contribution in [0.15, 0.2) is 24.4 Å². The van der Waals surface area contributed by atoms with Gasteiger partial charge >= 0.3 is 0 Å². The van der Waals surface area contributed by atoms with Crippen LogP contribution in [-0.4, -0.2) is 33.8 Å². The van der Waals surface area contributed by atoms with Crippen LogP contribution >= 0.6 is 0 Å². The summed E-state index contributed by atoms with van der Waals surface area (Å²) >= 11 is 0. The number of hydrogen-bond donors (Lipinski definition) is 0. The molecule has 2 aromatic rings. The summed E-state index contributed by atoms with van der Waals surface area (Å²) in [6, 6.07) is 5.54. The van der Waals surface area contributed by atoms with Crippen LogP contribution in [-0.2, 0) is 17.6 Å². The first-order chi connectivity index (χ1) is 12.3. The molecule has 0 radical (unpaired) electrons. The van der Waals surface area contributed by atoms with Gasteiger partial charge in [-0.3, -0.25) is 9.78 Å². The molecule has 5 heteroatoms. The molecule has 0 aromatic carbocycles. The number of ketones is 1. The van der Waals surface area contributed by atoms with Crippen molar-refractivity contribution < 1.29 is 4.79 Å². The molecule has 0 bridgehead atoms. The highest BCUT2D eigenvalue weighted by Crippen LogP contribution is 2.32. The molecular weight excluding hydrogens is 324 g/mol. The number of anilines is 1. The van der Waals surface area contributed by atoms with E-state index in [1.165, 1.54) is 5.56 Å². The van der Waals surface area contributed by atoms with Crippen molar-refractivity contribution >= 4 is 11.6 Å². The Morgan fingerprint density at radius 2 is 2.00 bits per heavy atom. The van der Waals surface area contributed by atoms with Gasteiger partial charge in [-0.2, -0.15) is 0 Å². The zero-order chi connectivity index (χ0) is 18.9. The molecular formula is C21H28N4O. The Balaban J connectivity index is 1.96. The van der Waals surface area contributed by atoms with Gasteiger partial charge in [-0.05, 0) is 43.7 Å². The predicted octanol–water partition coefficient (Wildman–Crippen LogP) is 3.86. The first kappa shape index (κ1) is 18.5. The molecule has 1 aliphatic carbocycles. The summed E-state index contributed by atoms with van der Waals surface area (Å²) in [4.78, 5) is 28.7. The number of Topliss-reactive ketones (excluding diaryl/α,β-unsaturated/α-hetero) is 1. The Hall–Kier alpha value is -2.30. The molecule has 1 atom stereocenters. The number of nitrogens with zero attached hydrogens (tertiary/aromatic N) is 4. The van der Waals surface area contributed by atoms with Gasteiger partial charge in [0, 0.05) is 30.9 Å². The Morgan fingerprint density at radius 1 is 1.23 bits per heavy atom. The first-order valence-electron chi connectivity index (χ1n) is 9.33. The number of carbonyl (C=O) groups is 1. The number of carbonyl (C=O) groups excluding carboxylic acids is 1. The number of aromatic nitrogens is 3. The van der Waals surface area contributed by atoms with Gasteiger partial charge in [0.05, 0.1) is 6.04 Å². The Kier molecular flexibility index (Phi) is 5.08. The van der Waals surface area contributed by atoms with Crippen molar-refractivity contribution in [3.8, 4) is 11.5 Å². The summed E-state index contributed by atoms with van der Waals surface area (Å²) in [7, 11) is 1.97. The van der Waals surface area contributed by atoms with E-state index in [1.54, 1.807) is 6.20 Å². The van der Waals surface area contributed by atoms with Crippen LogP contribution in [0.25, 0.3) is 11.5 Å². The van der Waals surface area contributed by atoms with Gasteiger partial charge in [-0.15, -0.1) is 0 Å². The van der Waals surface area contributed by atoms with E-state index in [0.717, 1.165) is 36.5 Å². The zero-order valence-corrected chi connectivity index (χ0v) is 16.4. The second-order valence-electron chi connectivity index (χ2n) is 8.36. The van der Waals surface area contributed by atoms with E-state index in [2.05, 4.69) is 25.8 Å². The lowest BCUT2D eigenvalue weighted by Crippen LogP contribution is -2.38. The number of fused-ring (bicyclic) bond motifs is 1. The van der Waals surface area contributed by atoms with E-state index in [-0.39, 0.29) is 17.2 Å². The highest BCUT2D eigenvalue weighted by atomic mass is 16.1. The van der Waals surface area contributed by atoms with Crippen LogP contribution in [0.5, 0.6) is 0 Å². The van der Waals surface area contributed by atoms with Gasteiger partial charge in [0.1, 0.15) is 11.5 Å². The predicted molar refractivity (Wildman–Crippen MR) is 104 cm³/mol. The van der Waals surface area contributed by atoms with Crippen molar-refractivity contribution in [1.82, 2.24) is 15.0 Å². The lowest BCUT2D eigenvalue weighted by molar-refractivity contribution is -0.121. The largest absolute Gasteiger partial charge is 0.350 e. The van der Waals surface area contributed by atoms with E-state index in [4.69, 9.17) is 9.97 Å². The standard InChI is InChI=1S/C21H28N4O/c1-14(18(26)13-21(2,3)4)25(5)20-15-9-8-11-16(15)23-19(24-20)17-10-6-7-12-22-17/h6-7,10,12,14H,8-9,11,13H2,1-5H3. The molecule has 26 heavy (non-hydrogen) atoms. The molecule has 0 amide bonds. The molecule has 138 valence electrons. The first-order valence-corrected chi connectivity index (χ1v) is 9.33. The lowest BCUT2D eigenvalue weighted by atomic mass is 9.88. The Labute approximate surface area is 155 Å². The SMILES string of the molecule is CC(C(=O)CC(C)(C)C)N(C)c1nc(-c2ccccn2)nc2c1CCC2. The fraction of sp³-hybridized carbons (Fsp3) is 0.524. The van der Waals surface area contributed by atoms with Crippen LogP contribution < -0.4 is 4.90 Å². The second-order valence-corrected chi connectivity index (χ2v) is 8.36. The maximum absolute atomic E-state index is 12.7. The summed E-state index contributed by atoms with van der Waals surface area (Å²) in [6.45, 7) is 8.26. The minimum Gasteiger partial charge on any atom is -0.350 e. The van der Waals surface area contributed by atoms with Gasteiger partial charge in [-0.1, -0.05) is 26.8 Å². The van der Waals surface area contributed by atoms with E-state index in [9.17, 15) is 4.79 Å². The number of hydrogen-bond acceptors (Lipinski definition) is 5. The van der Waals surface area contributed by atoms with Crippen LogP contribution in [0.2, 0.25) is 0 Å². The van der Waals surface area contributed by atoms with E-state index < -0.39 is 0 Å². The van der Waals surface area contributed by atoms with Crippen LogP contribution in [0.4, 0.5) is 5.82 Å². The van der Waals surface area contributed by atoms with E-state index in [0.29, 0.717) is 12.2 Å². The normalized spacial score (nSPS) is 14.8. The molecule has 3 rings (SSSR count). The van der Waals surface area contributed by atoms with Gasteiger partial charge < -0.3 is 4.90 Å². The highest BCUT2D eigenvalue weighted by molar-refractivity contribution is 5.87. The van der Waals surface area contributed by atoms with Gasteiger partial charge in [0.2, 0.25) is 0 Å². The molecule has 0 saturated carbocycles. The Bertz CT molecular complexity index is 796. The Morgan fingerprint density at radius 3 is 2.65 bits per heavy atom. The number of rotatable bonds is 5. The molecule has 0 fully saturated rings. The molecule has 1 aliphatic rings. The van der Waals surface area contributed by atoms with Crippen molar-refractivity contribution in [2.24, 2.45) is 5.41 Å². The lowest BCUT2D eigenvalue weighted by Gasteiger charge is -2.29. The quantitative estimate of drug-likeness (QED) is 0.818. The zero-order valence-electron chi connectivity index (χ0n) is 16.4. The van der Waals surface area contributed by atoms with Crippen molar-refractivity contribution in [2.45, 2.75) is 59.4 Å². The molecule has 1 unspecified atom stereocenters. The maximum atomic E-state index is 12.7. The topological polar surface area (TPSA) is 59.0 Å². The smallest absolute Gasteiger partial charge is 0.180 e. The molecule has 0 N–H and O–H groups in total. The van der Waals surface area contributed by atoms with Gasteiger partial charge in [0.15, 0.2) is 11.6 Å². The third-order valence-corrected chi connectivity index (χ3v) is 4.89. The monoisotopic (exact) mass is 352 g/mol.